The molecule has 0 bridgehead atoms. The molecular formula is C15H23NO. The average Bonchev–Trinajstić information content (AvgIpc) is 2.19. The topological polar surface area (TPSA) is 21.3 Å². The van der Waals surface area contributed by atoms with Gasteiger partial charge in [-0.3, -0.25) is 0 Å². The standard InChI is InChI=1S/C15H23NO/c1-6-16-13-9-15(4,5)17-14-11(3)7-10(2)8-12(13)14/h7-8,13,16H,6,9H2,1-5H3. The summed E-state index contributed by atoms with van der Waals surface area (Å²) in [4.78, 5) is 0. The van der Waals surface area contributed by atoms with Gasteiger partial charge in [0.2, 0.25) is 0 Å². The van der Waals surface area contributed by atoms with Gasteiger partial charge in [-0.05, 0) is 39.8 Å². The summed E-state index contributed by atoms with van der Waals surface area (Å²) in [5.41, 5.74) is 3.80. The fourth-order valence-electron chi connectivity index (χ4n) is 2.73. The van der Waals surface area contributed by atoms with Crippen LogP contribution in [0.15, 0.2) is 12.1 Å². The molecular weight excluding hydrogens is 210 g/mol. The van der Waals surface area contributed by atoms with E-state index < -0.39 is 0 Å². The number of rotatable bonds is 2. The first-order valence-electron chi connectivity index (χ1n) is 6.46. The van der Waals surface area contributed by atoms with Gasteiger partial charge in [0.25, 0.3) is 0 Å². The molecule has 1 atom stereocenters. The number of hydrogen-bond donors (Lipinski definition) is 1. The Kier molecular flexibility index (Phi) is 3.17. The van der Waals surface area contributed by atoms with Crippen LogP contribution in [0.2, 0.25) is 0 Å². The summed E-state index contributed by atoms with van der Waals surface area (Å²) in [6.07, 6.45) is 1.02. The molecule has 0 saturated heterocycles. The SMILES string of the molecule is CCNC1CC(C)(C)Oc2c(C)cc(C)cc21. The third-order valence-electron chi connectivity index (χ3n) is 3.35. The zero-order chi connectivity index (χ0) is 12.6. The Balaban J connectivity index is 2.48. The highest BCUT2D eigenvalue weighted by atomic mass is 16.5. The molecule has 1 unspecified atom stereocenters. The lowest BCUT2D eigenvalue weighted by Crippen LogP contribution is -2.39. The van der Waals surface area contributed by atoms with E-state index in [0.29, 0.717) is 6.04 Å². The lowest BCUT2D eigenvalue weighted by molar-refractivity contribution is 0.0655. The molecule has 0 aromatic heterocycles. The molecule has 0 spiro atoms. The molecule has 1 aromatic rings. The molecule has 1 aliphatic heterocycles. The van der Waals surface area contributed by atoms with Gasteiger partial charge < -0.3 is 10.1 Å². The van der Waals surface area contributed by atoms with Gasteiger partial charge in [0.05, 0.1) is 0 Å². The van der Waals surface area contributed by atoms with Gasteiger partial charge in [-0.1, -0.05) is 24.6 Å². The van der Waals surface area contributed by atoms with Crippen molar-refractivity contribution in [2.75, 3.05) is 6.54 Å². The maximum absolute atomic E-state index is 6.14. The monoisotopic (exact) mass is 233 g/mol. The molecule has 1 aliphatic rings. The minimum atomic E-state index is -0.0835. The quantitative estimate of drug-likeness (QED) is 0.844. The first-order chi connectivity index (χ1) is 7.93. The Morgan fingerprint density at radius 1 is 1.35 bits per heavy atom. The van der Waals surface area contributed by atoms with Gasteiger partial charge in [-0.15, -0.1) is 0 Å². The van der Waals surface area contributed by atoms with Crippen molar-refractivity contribution in [3.05, 3.63) is 28.8 Å². The van der Waals surface area contributed by atoms with Crippen LogP contribution in [-0.4, -0.2) is 12.1 Å². The van der Waals surface area contributed by atoms with Crippen LogP contribution < -0.4 is 10.1 Å². The smallest absolute Gasteiger partial charge is 0.127 e. The summed E-state index contributed by atoms with van der Waals surface area (Å²) in [6, 6.07) is 4.87. The van der Waals surface area contributed by atoms with Crippen LogP contribution in [0.5, 0.6) is 5.75 Å². The van der Waals surface area contributed by atoms with Crippen molar-refractivity contribution in [3.8, 4) is 5.75 Å². The molecule has 2 nitrogen and oxygen atoms in total. The van der Waals surface area contributed by atoms with Crippen LogP contribution in [0.4, 0.5) is 0 Å². The van der Waals surface area contributed by atoms with Gasteiger partial charge in [-0.2, -0.15) is 0 Å². The van der Waals surface area contributed by atoms with Crippen LogP contribution in [-0.2, 0) is 0 Å². The molecule has 0 aliphatic carbocycles. The van der Waals surface area contributed by atoms with Crippen molar-refractivity contribution in [1.82, 2.24) is 5.32 Å². The molecule has 0 amide bonds. The number of nitrogens with one attached hydrogen (secondary N) is 1. The van der Waals surface area contributed by atoms with Crippen LogP contribution in [0.3, 0.4) is 0 Å². The van der Waals surface area contributed by atoms with Crippen LogP contribution in [0.25, 0.3) is 0 Å². The van der Waals surface area contributed by atoms with E-state index in [2.05, 4.69) is 52.1 Å². The molecule has 2 heteroatoms. The zero-order valence-electron chi connectivity index (χ0n) is 11.6. The first kappa shape index (κ1) is 12.4. The predicted octanol–water partition coefficient (Wildman–Crippen LogP) is 3.52. The molecule has 2 rings (SSSR count). The number of hydrogen-bond acceptors (Lipinski definition) is 2. The largest absolute Gasteiger partial charge is 0.487 e. The second-order valence-corrected chi connectivity index (χ2v) is 5.68. The van der Waals surface area contributed by atoms with Gasteiger partial charge >= 0.3 is 0 Å². The number of ether oxygens (including phenoxy) is 1. The highest BCUT2D eigenvalue weighted by molar-refractivity contribution is 5.47. The third kappa shape index (κ3) is 2.47. The highest BCUT2D eigenvalue weighted by Crippen LogP contribution is 2.41. The van der Waals surface area contributed by atoms with E-state index in [1.807, 2.05) is 0 Å². The summed E-state index contributed by atoms with van der Waals surface area (Å²) >= 11 is 0. The maximum Gasteiger partial charge on any atom is 0.127 e. The summed E-state index contributed by atoms with van der Waals surface area (Å²) in [7, 11) is 0. The molecule has 0 saturated carbocycles. The lowest BCUT2D eigenvalue weighted by Gasteiger charge is -2.39. The summed E-state index contributed by atoms with van der Waals surface area (Å²) < 4.78 is 6.14. The maximum atomic E-state index is 6.14. The van der Waals surface area contributed by atoms with Gasteiger partial charge in [0, 0.05) is 18.0 Å². The highest BCUT2D eigenvalue weighted by Gasteiger charge is 2.34. The Morgan fingerprint density at radius 3 is 2.71 bits per heavy atom. The van der Waals surface area contributed by atoms with Gasteiger partial charge in [0.15, 0.2) is 0 Å². The van der Waals surface area contributed by atoms with E-state index in [1.54, 1.807) is 0 Å². The normalized spacial score (nSPS) is 21.8. The van der Waals surface area contributed by atoms with Crippen molar-refractivity contribution in [1.29, 1.82) is 0 Å². The fourth-order valence-corrected chi connectivity index (χ4v) is 2.73. The lowest BCUT2D eigenvalue weighted by atomic mass is 9.87. The van der Waals surface area contributed by atoms with Gasteiger partial charge in [0.1, 0.15) is 11.4 Å². The van der Waals surface area contributed by atoms with Crippen LogP contribution in [0.1, 0.15) is 49.9 Å². The number of aryl methyl sites for hydroxylation is 2. The number of fused-ring (bicyclic) bond motifs is 1. The van der Waals surface area contributed by atoms with E-state index in [-0.39, 0.29) is 5.60 Å². The minimum Gasteiger partial charge on any atom is -0.487 e. The van der Waals surface area contributed by atoms with E-state index >= 15 is 0 Å². The van der Waals surface area contributed by atoms with E-state index in [9.17, 15) is 0 Å². The van der Waals surface area contributed by atoms with E-state index in [0.717, 1.165) is 18.7 Å². The predicted molar refractivity (Wildman–Crippen MR) is 71.7 cm³/mol. The van der Waals surface area contributed by atoms with Crippen LogP contribution >= 0.6 is 0 Å². The summed E-state index contributed by atoms with van der Waals surface area (Å²) in [5, 5.41) is 3.57. The molecule has 0 radical (unpaired) electrons. The molecule has 94 valence electrons. The summed E-state index contributed by atoms with van der Waals surface area (Å²) in [5.74, 6) is 1.08. The Labute approximate surface area is 104 Å². The fraction of sp³-hybridized carbons (Fsp3) is 0.600. The third-order valence-corrected chi connectivity index (χ3v) is 3.35. The van der Waals surface area contributed by atoms with E-state index in [4.69, 9.17) is 4.74 Å². The molecule has 1 aromatic carbocycles. The van der Waals surface area contributed by atoms with Crippen molar-refractivity contribution >= 4 is 0 Å². The van der Waals surface area contributed by atoms with Crippen LogP contribution in [0, 0.1) is 13.8 Å². The van der Waals surface area contributed by atoms with Crippen molar-refractivity contribution in [2.45, 2.75) is 52.7 Å². The number of benzene rings is 1. The molecule has 1 heterocycles. The Bertz CT molecular complexity index is 423. The van der Waals surface area contributed by atoms with Gasteiger partial charge in [-0.25, -0.2) is 0 Å². The summed E-state index contributed by atoms with van der Waals surface area (Å²) in [6.45, 7) is 11.8. The Morgan fingerprint density at radius 2 is 2.06 bits per heavy atom. The zero-order valence-corrected chi connectivity index (χ0v) is 11.6. The molecule has 0 fully saturated rings. The average molecular weight is 233 g/mol. The second-order valence-electron chi connectivity index (χ2n) is 5.68. The molecule has 1 N–H and O–H groups in total. The first-order valence-corrected chi connectivity index (χ1v) is 6.46. The van der Waals surface area contributed by atoms with E-state index in [1.165, 1.54) is 16.7 Å². The van der Waals surface area contributed by atoms with Crippen molar-refractivity contribution in [3.63, 3.8) is 0 Å². The minimum absolute atomic E-state index is 0.0835. The molecule has 17 heavy (non-hydrogen) atoms. The van der Waals surface area contributed by atoms with Crippen molar-refractivity contribution in [2.24, 2.45) is 0 Å². The second kappa shape index (κ2) is 4.34. The van der Waals surface area contributed by atoms with Crippen molar-refractivity contribution < 1.29 is 4.74 Å². The Hall–Kier alpha value is -1.02.